The highest BCUT2D eigenvalue weighted by atomic mass is 32.2. The number of ether oxygens (including phenoxy) is 3. The summed E-state index contributed by atoms with van der Waals surface area (Å²) < 4.78 is 44.6. The van der Waals surface area contributed by atoms with E-state index < -0.39 is 31.3 Å². The van der Waals surface area contributed by atoms with E-state index in [0.717, 1.165) is 6.07 Å². The minimum atomic E-state index is -4.43. The van der Waals surface area contributed by atoms with Gasteiger partial charge in [0.25, 0.3) is 11.6 Å². The predicted molar refractivity (Wildman–Crippen MR) is 143 cm³/mol. The standard InChI is InChI=1S/C26H25N5O8S/c1-15-13-37-14-18(38-15)12-29-21-6-5-19(10-22(21)31(33)34)40(35,36)23-4-2-3-20(25(27)32)24(23)39-17-9-16-7-8-28-26(16)30-11-17/h2-11,15,18,29H,12-14H2,1H3,(H2,27,32)(H,28,30)/t15-,18+/m1/s1. The van der Waals surface area contributed by atoms with Gasteiger partial charge in [-0.15, -0.1) is 0 Å². The minimum Gasteiger partial charge on any atom is -0.453 e. The number of anilines is 1. The molecule has 2 aromatic carbocycles. The van der Waals surface area contributed by atoms with Crippen LogP contribution in [0.4, 0.5) is 11.4 Å². The van der Waals surface area contributed by atoms with Gasteiger partial charge in [0.05, 0.1) is 47.0 Å². The largest absolute Gasteiger partial charge is 0.453 e. The van der Waals surface area contributed by atoms with Crippen LogP contribution in [0, 0.1) is 10.1 Å². The smallest absolute Gasteiger partial charge is 0.293 e. The number of primary amides is 1. The topological polar surface area (TPSA) is 189 Å². The first-order valence-electron chi connectivity index (χ1n) is 12.2. The summed E-state index contributed by atoms with van der Waals surface area (Å²) in [4.78, 5) is 29.8. The predicted octanol–water partition coefficient (Wildman–Crippen LogP) is 3.41. The average molecular weight is 568 g/mol. The molecule has 4 N–H and O–H groups in total. The van der Waals surface area contributed by atoms with Crippen LogP contribution in [0.3, 0.4) is 0 Å². The van der Waals surface area contributed by atoms with Gasteiger partial charge in [-0.05, 0) is 43.3 Å². The number of aromatic nitrogens is 2. The maximum Gasteiger partial charge on any atom is 0.293 e. The van der Waals surface area contributed by atoms with Crippen LogP contribution >= 0.6 is 0 Å². The highest BCUT2D eigenvalue weighted by Crippen LogP contribution is 2.38. The van der Waals surface area contributed by atoms with Crippen molar-refractivity contribution < 1.29 is 32.3 Å². The lowest BCUT2D eigenvalue weighted by molar-refractivity contribution is -0.384. The third kappa shape index (κ3) is 5.45. The number of H-pyrrole nitrogens is 1. The van der Waals surface area contributed by atoms with Crippen molar-refractivity contribution in [3.8, 4) is 11.5 Å². The van der Waals surface area contributed by atoms with Crippen LogP contribution in [-0.4, -0.2) is 61.2 Å². The Balaban J connectivity index is 1.50. The highest BCUT2D eigenvalue weighted by Gasteiger charge is 2.29. The summed E-state index contributed by atoms with van der Waals surface area (Å²) in [5, 5.41) is 15.5. The van der Waals surface area contributed by atoms with Gasteiger partial charge in [0, 0.05) is 24.2 Å². The van der Waals surface area contributed by atoms with E-state index in [1.807, 2.05) is 6.92 Å². The number of hydrogen-bond donors (Lipinski definition) is 3. The van der Waals surface area contributed by atoms with Crippen molar-refractivity contribution in [2.45, 2.75) is 28.9 Å². The van der Waals surface area contributed by atoms with E-state index in [9.17, 15) is 23.3 Å². The van der Waals surface area contributed by atoms with Crippen molar-refractivity contribution in [2.24, 2.45) is 5.73 Å². The molecule has 208 valence electrons. The van der Waals surface area contributed by atoms with Gasteiger partial charge in [-0.25, -0.2) is 13.4 Å². The van der Waals surface area contributed by atoms with Crippen molar-refractivity contribution in [3.63, 3.8) is 0 Å². The van der Waals surface area contributed by atoms with Gasteiger partial charge in [-0.1, -0.05) is 6.07 Å². The molecule has 0 radical (unpaired) electrons. The maximum atomic E-state index is 13.8. The van der Waals surface area contributed by atoms with E-state index in [1.165, 1.54) is 36.5 Å². The first-order valence-corrected chi connectivity index (χ1v) is 13.7. The monoisotopic (exact) mass is 567 g/mol. The zero-order valence-corrected chi connectivity index (χ0v) is 22.0. The fourth-order valence-corrected chi connectivity index (χ4v) is 5.75. The molecule has 0 unspecified atom stereocenters. The number of nitrogens with zero attached hydrogens (tertiary/aromatic N) is 2. The molecular weight excluding hydrogens is 542 g/mol. The van der Waals surface area contributed by atoms with Crippen LogP contribution in [0.1, 0.15) is 17.3 Å². The highest BCUT2D eigenvalue weighted by molar-refractivity contribution is 7.91. The van der Waals surface area contributed by atoms with Gasteiger partial charge in [-0.2, -0.15) is 0 Å². The third-order valence-corrected chi connectivity index (χ3v) is 7.98. The summed E-state index contributed by atoms with van der Waals surface area (Å²) >= 11 is 0. The number of nitrogens with two attached hydrogens (primary N) is 1. The Labute approximate surface area is 228 Å². The van der Waals surface area contributed by atoms with E-state index in [-0.39, 0.29) is 46.4 Å². The normalized spacial score (nSPS) is 17.4. The van der Waals surface area contributed by atoms with Crippen molar-refractivity contribution in [1.82, 2.24) is 9.97 Å². The molecule has 1 aliphatic rings. The molecule has 3 heterocycles. The van der Waals surface area contributed by atoms with Gasteiger partial charge in [0.2, 0.25) is 9.84 Å². The molecule has 0 bridgehead atoms. The molecule has 1 saturated heterocycles. The zero-order valence-electron chi connectivity index (χ0n) is 21.2. The van der Waals surface area contributed by atoms with Crippen LogP contribution in [-0.2, 0) is 19.3 Å². The van der Waals surface area contributed by atoms with Crippen molar-refractivity contribution in [3.05, 3.63) is 76.6 Å². The quantitative estimate of drug-likeness (QED) is 0.200. The number of aromatic amines is 1. The second-order valence-electron chi connectivity index (χ2n) is 9.11. The summed E-state index contributed by atoms with van der Waals surface area (Å²) in [7, 11) is -4.43. The number of fused-ring (bicyclic) bond motifs is 1. The van der Waals surface area contributed by atoms with Crippen molar-refractivity contribution in [2.75, 3.05) is 25.1 Å². The number of benzene rings is 2. The molecule has 5 rings (SSSR count). The van der Waals surface area contributed by atoms with E-state index in [2.05, 4.69) is 15.3 Å². The molecule has 0 aliphatic carbocycles. The number of nitro benzene ring substituents is 1. The molecule has 4 aromatic rings. The lowest BCUT2D eigenvalue weighted by Crippen LogP contribution is -2.38. The second-order valence-corrected chi connectivity index (χ2v) is 11.0. The number of pyridine rings is 1. The first-order chi connectivity index (χ1) is 19.1. The molecule has 1 amide bonds. The fraction of sp³-hybridized carbons (Fsp3) is 0.231. The van der Waals surface area contributed by atoms with Crippen LogP contribution in [0.2, 0.25) is 0 Å². The molecule has 2 atom stereocenters. The van der Waals surface area contributed by atoms with E-state index in [1.54, 1.807) is 18.3 Å². The average Bonchev–Trinajstić information content (AvgIpc) is 3.39. The fourth-order valence-electron chi connectivity index (χ4n) is 4.33. The summed E-state index contributed by atoms with van der Waals surface area (Å²) in [6, 6.07) is 10.7. The summed E-state index contributed by atoms with van der Waals surface area (Å²) in [5.74, 6) is -1.08. The number of carbonyl (C=O) groups excluding carboxylic acids is 1. The lowest BCUT2D eigenvalue weighted by Gasteiger charge is -2.28. The zero-order chi connectivity index (χ0) is 28.4. The summed E-state index contributed by atoms with van der Waals surface area (Å²) in [6.07, 6.45) is 2.59. The number of nitro groups is 1. The number of nitrogens with one attached hydrogen (secondary N) is 2. The molecule has 1 fully saturated rings. The van der Waals surface area contributed by atoms with E-state index in [4.69, 9.17) is 19.9 Å². The SMILES string of the molecule is C[C@@H]1COC[C@H](CNc2ccc(S(=O)(=O)c3cccc(C(N)=O)c3Oc3cnc4[nH]ccc4c3)cc2[N+](=O)[O-])O1. The Kier molecular flexibility index (Phi) is 7.38. The summed E-state index contributed by atoms with van der Waals surface area (Å²) in [5.41, 5.74) is 5.58. The lowest BCUT2D eigenvalue weighted by atomic mass is 10.2. The van der Waals surface area contributed by atoms with Gasteiger partial charge >= 0.3 is 0 Å². The minimum absolute atomic E-state index is 0.110. The third-order valence-electron chi connectivity index (χ3n) is 6.21. The number of hydrogen-bond acceptors (Lipinski definition) is 10. The second kappa shape index (κ2) is 10.9. The maximum absolute atomic E-state index is 13.8. The molecule has 2 aromatic heterocycles. The number of sulfone groups is 1. The van der Waals surface area contributed by atoms with Gasteiger partial charge < -0.3 is 30.2 Å². The Morgan fingerprint density at radius 3 is 2.83 bits per heavy atom. The number of para-hydroxylation sites is 1. The van der Waals surface area contributed by atoms with Crippen LogP contribution in [0.25, 0.3) is 11.0 Å². The Bertz CT molecular complexity index is 1700. The molecule has 0 spiro atoms. The first kappa shape index (κ1) is 27.1. The van der Waals surface area contributed by atoms with Crippen LogP contribution in [0.5, 0.6) is 11.5 Å². The van der Waals surface area contributed by atoms with Crippen molar-refractivity contribution >= 4 is 38.2 Å². The molecule has 40 heavy (non-hydrogen) atoms. The number of carbonyl (C=O) groups is 1. The van der Waals surface area contributed by atoms with Gasteiger partial charge in [0.1, 0.15) is 22.0 Å². The van der Waals surface area contributed by atoms with Gasteiger partial charge in [0.15, 0.2) is 5.75 Å². The van der Waals surface area contributed by atoms with E-state index in [0.29, 0.717) is 24.2 Å². The van der Waals surface area contributed by atoms with Crippen LogP contribution < -0.4 is 15.8 Å². The van der Waals surface area contributed by atoms with Crippen LogP contribution in [0.15, 0.2) is 70.7 Å². The summed E-state index contributed by atoms with van der Waals surface area (Å²) in [6.45, 7) is 2.86. The molecular formula is C26H25N5O8S. The Morgan fingerprint density at radius 1 is 1.25 bits per heavy atom. The molecule has 13 nitrogen and oxygen atoms in total. The van der Waals surface area contributed by atoms with E-state index >= 15 is 0 Å². The Hall–Kier alpha value is -4.53. The molecule has 14 heteroatoms. The van der Waals surface area contributed by atoms with Gasteiger partial charge in [-0.3, -0.25) is 14.9 Å². The Morgan fingerprint density at radius 2 is 2.08 bits per heavy atom. The number of amides is 1. The van der Waals surface area contributed by atoms with Crippen molar-refractivity contribution in [1.29, 1.82) is 0 Å². The molecule has 1 aliphatic heterocycles. The molecule has 0 saturated carbocycles. The number of rotatable bonds is 9.